The van der Waals surface area contributed by atoms with E-state index in [-0.39, 0.29) is 22.6 Å². The zero-order chi connectivity index (χ0) is 14.2. The Kier molecular flexibility index (Phi) is 3.48. The summed E-state index contributed by atoms with van der Waals surface area (Å²) >= 11 is 0. The summed E-state index contributed by atoms with van der Waals surface area (Å²) in [6, 6.07) is 6.84. The molecule has 1 aromatic carbocycles. The van der Waals surface area contributed by atoms with E-state index < -0.39 is 5.60 Å². The van der Waals surface area contributed by atoms with Crippen molar-refractivity contribution in [2.24, 2.45) is 5.92 Å². The van der Waals surface area contributed by atoms with Gasteiger partial charge in [-0.05, 0) is 31.4 Å². The van der Waals surface area contributed by atoms with Crippen molar-refractivity contribution in [1.82, 2.24) is 5.32 Å². The van der Waals surface area contributed by atoms with Gasteiger partial charge in [-0.1, -0.05) is 25.0 Å². The summed E-state index contributed by atoms with van der Waals surface area (Å²) in [5.41, 5.74) is 0.597. The minimum atomic E-state index is -0.560. The maximum Gasteiger partial charge on any atom is 0.269 e. The Morgan fingerprint density at radius 1 is 1.25 bits per heavy atom. The van der Waals surface area contributed by atoms with Gasteiger partial charge in [0, 0.05) is 24.1 Å². The number of fused-ring (bicyclic) bond motifs is 1. The van der Waals surface area contributed by atoms with Gasteiger partial charge in [-0.15, -0.1) is 0 Å². The van der Waals surface area contributed by atoms with Crippen LogP contribution in [0.5, 0.6) is 0 Å². The van der Waals surface area contributed by atoms with Crippen molar-refractivity contribution in [3.63, 3.8) is 0 Å². The molecule has 5 heteroatoms. The van der Waals surface area contributed by atoms with Crippen LogP contribution >= 0.6 is 0 Å². The first-order valence-corrected chi connectivity index (χ1v) is 7.30. The van der Waals surface area contributed by atoms with Crippen molar-refractivity contribution in [3.8, 4) is 0 Å². The van der Waals surface area contributed by atoms with Crippen LogP contribution in [0.15, 0.2) is 24.3 Å². The smallest absolute Gasteiger partial charge is 0.269 e. The second kappa shape index (κ2) is 5.14. The molecule has 0 amide bonds. The molecule has 1 aromatic rings. The Hall–Kier alpha value is -1.46. The van der Waals surface area contributed by atoms with Crippen molar-refractivity contribution < 1.29 is 10.0 Å². The van der Waals surface area contributed by atoms with E-state index in [1.807, 2.05) is 12.1 Å². The van der Waals surface area contributed by atoms with Gasteiger partial charge in [0.1, 0.15) is 0 Å². The van der Waals surface area contributed by atoms with Crippen LogP contribution in [0.2, 0.25) is 0 Å². The number of hydrogen-bond acceptors (Lipinski definition) is 4. The quantitative estimate of drug-likeness (QED) is 0.643. The van der Waals surface area contributed by atoms with E-state index in [1.165, 1.54) is 0 Å². The average Bonchev–Trinajstić information content (AvgIpc) is 2.46. The number of hydrogen-bond donors (Lipinski definition) is 2. The fourth-order valence-electron chi connectivity index (χ4n) is 3.78. The molecule has 0 radical (unpaired) electrons. The van der Waals surface area contributed by atoms with E-state index >= 15 is 0 Å². The van der Waals surface area contributed by atoms with Crippen LogP contribution in [0, 0.1) is 16.0 Å². The topological polar surface area (TPSA) is 75.4 Å². The summed E-state index contributed by atoms with van der Waals surface area (Å²) in [5, 5.41) is 25.0. The predicted octanol–water partition coefficient (Wildman–Crippen LogP) is 2.55. The highest BCUT2D eigenvalue weighted by Crippen LogP contribution is 2.45. The van der Waals surface area contributed by atoms with Gasteiger partial charge in [-0.3, -0.25) is 10.1 Å². The van der Waals surface area contributed by atoms with Gasteiger partial charge >= 0.3 is 0 Å². The zero-order valence-corrected chi connectivity index (χ0v) is 11.4. The van der Waals surface area contributed by atoms with Crippen LogP contribution in [0.4, 0.5) is 5.69 Å². The van der Waals surface area contributed by atoms with Gasteiger partial charge in [0.25, 0.3) is 5.69 Å². The zero-order valence-electron chi connectivity index (χ0n) is 11.4. The van der Waals surface area contributed by atoms with Crippen molar-refractivity contribution in [3.05, 3.63) is 39.9 Å². The lowest BCUT2D eigenvalue weighted by atomic mass is 9.67. The van der Waals surface area contributed by atoms with Crippen molar-refractivity contribution in [1.29, 1.82) is 0 Å². The van der Waals surface area contributed by atoms with E-state index in [0.29, 0.717) is 0 Å². The number of piperidine rings is 1. The van der Waals surface area contributed by atoms with Crippen LogP contribution in [0.1, 0.15) is 43.7 Å². The van der Waals surface area contributed by atoms with Gasteiger partial charge in [0.05, 0.1) is 10.5 Å². The first-order chi connectivity index (χ1) is 9.60. The Labute approximate surface area is 118 Å². The summed E-state index contributed by atoms with van der Waals surface area (Å²) in [6.07, 6.45) is 4.95. The molecule has 2 aliphatic rings. The number of nitro benzene ring substituents is 1. The van der Waals surface area contributed by atoms with E-state index in [9.17, 15) is 15.2 Å². The summed E-state index contributed by atoms with van der Waals surface area (Å²) in [7, 11) is 0. The summed E-state index contributed by atoms with van der Waals surface area (Å²) < 4.78 is 0. The molecule has 0 spiro atoms. The van der Waals surface area contributed by atoms with Crippen molar-refractivity contribution in [2.75, 3.05) is 6.54 Å². The fraction of sp³-hybridized carbons (Fsp3) is 0.600. The molecule has 0 aromatic heterocycles. The Bertz CT molecular complexity index is 498. The Morgan fingerprint density at radius 2 is 2.00 bits per heavy atom. The van der Waals surface area contributed by atoms with Crippen LogP contribution in [0.25, 0.3) is 0 Å². The third kappa shape index (κ3) is 2.31. The lowest BCUT2D eigenvalue weighted by molar-refractivity contribution is -0.384. The minimum Gasteiger partial charge on any atom is -0.389 e. The third-order valence-corrected chi connectivity index (χ3v) is 4.85. The number of nitrogens with zero attached hydrogens (tertiary/aromatic N) is 1. The van der Waals surface area contributed by atoms with Gasteiger partial charge in [0.2, 0.25) is 0 Å². The molecule has 0 unspecified atom stereocenters. The number of nitrogens with one attached hydrogen (secondary N) is 1. The van der Waals surface area contributed by atoms with Gasteiger partial charge in [-0.25, -0.2) is 0 Å². The number of nitro groups is 1. The predicted molar refractivity (Wildman–Crippen MR) is 75.4 cm³/mol. The molecular weight excluding hydrogens is 256 g/mol. The highest BCUT2D eigenvalue weighted by atomic mass is 16.6. The second-order valence-electron chi connectivity index (χ2n) is 5.99. The lowest BCUT2D eigenvalue weighted by Gasteiger charge is -2.48. The molecule has 5 nitrogen and oxygen atoms in total. The van der Waals surface area contributed by atoms with Crippen LogP contribution in [-0.2, 0) is 0 Å². The molecule has 2 fully saturated rings. The first kappa shape index (κ1) is 13.5. The fourth-order valence-corrected chi connectivity index (χ4v) is 3.78. The second-order valence-corrected chi connectivity index (χ2v) is 5.99. The SMILES string of the molecule is O=[N+]([O-])c1ccc([C@H]2NCC[C@]3(O)CCCC[C@H]23)cc1. The highest BCUT2D eigenvalue weighted by molar-refractivity contribution is 5.35. The molecule has 1 saturated heterocycles. The van der Waals surface area contributed by atoms with Gasteiger partial charge in [0.15, 0.2) is 0 Å². The van der Waals surface area contributed by atoms with Crippen LogP contribution in [0.3, 0.4) is 0 Å². The standard InChI is InChI=1S/C15H20N2O3/c18-15-8-2-1-3-13(15)14(16-10-9-15)11-4-6-12(7-5-11)17(19)20/h4-7,13-14,16,18H,1-3,8-10H2/t13-,14-,15-/m1/s1. The molecule has 1 heterocycles. The molecule has 1 aliphatic carbocycles. The summed E-state index contributed by atoms with van der Waals surface area (Å²) in [5.74, 6) is 0.214. The van der Waals surface area contributed by atoms with Gasteiger partial charge < -0.3 is 10.4 Å². The Morgan fingerprint density at radius 3 is 2.70 bits per heavy atom. The molecule has 2 N–H and O–H groups in total. The summed E-state index contributed by atoms with van der Waals surface area (Å²) in [4.78, 5) is 10.3. The van der Waals surface area contributed by atoms with Gasteiger partial charge in [-0.2, -0.15) is 0 Å². The minimum absolute atomic E-state index is 0.106. The maximum atomic E-state index is 10.8. The number of aliphatic hydroxyl groups is 1. The number of benzene rings is 1. The maximum absolute atomic E-state index is 10.8. The molecule has 20 heavy (non-hydrogen) atoms. The molecular formula is C15H20N2O3. The molecule has 1 saturated carbocycles. The highest BCUT2D eigenvalue weighted by Gasteiger charge is 2.45. The molecule has 108 valence electrons. The lowest BCUT2D eigenvalue weighted by Crippen LogP contribution is -2.53. The van der Waals surface area contributed by atoms with E-state index in [1.54, 1.807) is 12.1 Å². The van der Waals surface area contributed by atoms with E-state index in [4.69, 9.17) is 0 Å². The normalized spacial score (nSPS) is 33.5. The molecule has 3 atom stereocenters. The van der Waals surface area contributed by atoms with Crippen molar-refractivity contribution in [2.45, 2.75) is 43.7 Å². The monoisotopic (exact) mass is 276 g/mol. The van der Waals surface area contributed by atoms with Crippen LogP contribution in [-0.4, -0.2) is 22.2 Å². The number of rotatable bonds is 2. The Balaban J connectivity index is 1.86. The van der Waals surface area contributed by atoms with Crippen molar-refractivity contribution >= 4 is 5.69 Å². The van der Waals surface area contributed by atoms with E-state index in [0.717, 1.165) is 44.2 Å². The third-order valence-electron chi connectivity index (χ3n) is 4.85. The molecule has 1 aliphatic heterocycles. The largest absolute Gasteiger partial charge is 0.389 e. The molecule has 3 rings (SSSR count). The van der Waals surface area contributed by atoms with E-state index in [2.05, 4.69) is 5.32 Å². The van der Waals surface area contributed by atoms with Crippen LogP contribution < -0.4 is 5.32 Å². The molecule has 0 bridgehead atoms. The average molecular weight is 276 g/mol. The summed E-state index contributed by atoms with van der Waals surface area (Å²) in [6.45, 7) is 0.800. The first-order valence-electron chi connectivity index (χ1n) is 7.30. The number of non-ortho nitro benzene ring substituents is 1.